The van der Waals surface area contributed by atoms with Crippen LogP contribution in [0.25, 0.3) is 17.2 Å². The van der Waals surface area contributed by atoms with Gasteiger partial charge in [0.2, 0.25) is 0 Å². The van der Waals surface area contributed by atoms with Crippen LogP contribution >= 0.6 is 0 Å². The Morgan fingerprint density at radius 2 is 1.76 bits per heavy atom. The van der Waals surface area contributed by atoms with Crippen molar-refractivity contribution in [2.24, 2.45) is 0 Å². The molecule has 1 aliphatic carbocycles. The molecule has 0 amide bonds. The number of rotatable bonds is 3. The molecule has 2 aromatic heterocycles. The van der Waals surface area contributed by atoms with E-state index >= 15 is 0 Å². The van der Waals surface area contributed by atoms with E-state index in [1.54, 1.807) is 17.1 Å². The van der Waals surface area contributed by atoms with Gasteiger partial charge in [0.1, 0.15) is 12.0 Å². The fourth-order valence-electron chi connectivity index (χ4n) is 3.20. The van der Waals surface area contributed by atoms with Crippen LogP contribution in [0.5, 0.6) is 0 Å². The van der Waals surface area contributed by atoms with Crippen LogP contribution in [-0.2, 0) is 6.18 Å². The van der Waals surface area contributed by atoms with E-state index in [4.69, 9.17) is 0 Å². The van der Waals surface area contributed by atoms with E-state index in [9.17, 15) is 13.2 Å². The molecule has 0 atom stereocenters. The zero-order valence-electron chi connectivity index (χ0n) is 13.3. The predicted octanol–water partition coefficient (Wildman–Crippen LogP) is 4.26. The van der Waals surface area contributed by atoms with Gasteiger partial charge in [-0.15, -0.1) is 5.10 Å². The van der Waals surface area contributed by atoms with Crippen LogP contribution in [0, 0.1) is 0 Å². The molecular formula is C17H16F3N5. The first-order chi connectivity index (χ1) is 12.0. The number of hydrogen-bond donors (Lipinski definition) is 0. The molecule has 4 rings (SSSR count). The number of imidazole rings is 1. The van der Waals surface area contributed by atoms with Crippen molar-refractivity contribution in [3.8, 4) is 17.2 Å². The van der Waals surface area contributed by atoms with Crippen molar-refractivity contribution in [3.05, 3.63) is 48.7 Å². The highest BCUT2D eigenvalue weighted by molar-refractivity contribution is 5.50. The van der Waals surface area contributed by atoms with Gasteiger partial charge in [-0.25, -0.2) is 14.6 Å². The van der Waals surface area contributed by atoms with Crippen LogP contribution in [0.1, 0.15) is 37.5 Å². The molecule has 5 nitrogen and oxygen atoms in total. The summed E-state index contributed by atoms with van der Waals surface area (Å²) in [6.07, 6.45) is 2.30. The third kappa shape index (κ3) is 3.04. The third-order valence-electron chi connectivity index (χ3n) is 4.42. The molecule has 3 aromatic rings. The summed E-state index contributed by atoms with van der Waals surface area (Å²) in [5.74, 6) is -0.933. The summed E-state index contributed by atoms with van der Waals surface area (Å²) in [6.45, 7) is 0. The lowest BCUT2D eigenvalue weighted by Crippen LogP contribution is -2.11. The standard InChI is InChI=1S/C17H16F3N5/c18-17(19,20)16-22-15(25(23-16)13-8-4-5-9-13)14-10-24(11-21-14)12-6-2-1-3-7-12/h1-3,6-7,10-11,13H,4-5,8-9H2. The van der Waals surface area contributed by atoms with Gasteiger partial charge in [0.25, 0.3) is 5.82 Å². The second-order valence-electron chi connectivity index (χ2n) is 6.14. The molecule has 1 aromatic carbocycles. The zero-order valence-corrected chi connectivity index (χ0v) is 13.3. The normalized spacial score (nSPS) is 15.8. The van der Waals surface area contributed by atoms with Crippen molar-refractivity contribution >= 4 is 0 Å². The van der Waals surface area contributed by atoms with E-state index in [1.807, 2.05) is 30.3 Å². The second-order valence-corrected chi connectivity index (χ2v) is 6.14. The van der Waals surface area contributed by atoms with Gasteiger partial charge >= 0.3 is 6.18 Å². The largest absolute Gasteiger partial charge is 0.453 e. The molecule has 0 bridgehead atoms. The Bertz CT molecular complexity index is 860. The van der Waals surface area contributed by atoms with Gasteiger partial charge in [0.05, 0.1) is 6.04 Å². The second kappa shape index (κ2) is 6.02. The van der Waals surface area contributed by atoms with Crippen molar-refractivity contribution in [2.75, 3.05) is 0 Å². The molecule has 0 aliphatic heterocycles. The summed E-state index contributed by atoms with van der Waals surface area (Å²) in [5.41, 5.74) is 1.27. The van der Waals surface area contributed by atoms with Crippen molar-refractivity contribution in [2.45, 2.75) is 37.9 Å². The minimum Gasteiger partial charge on any atom is -0.306 e. The highest BCUT2D eigenvalue weighted by Gasteiger charge is 2.38. The Morgan fingerprint density at radius 3 is 2.44 bits per heavy atom. The molecule has 0 spiro atoms. The van der Waals surface area contributed by atoms with Crippen LogP contribution < -0.4 is 0 Å². The van der Waals surface area contributed by atoms with Gasteiger partial charge in [-0.3, -0.25) is 0 Å². The molecule has 0 N–H and O–H groups in total. The van der Waals surface area contributed by atoms with Crippen LogP contribution in [-0.4, -0.2) is 24.3 Å². The topological polar surface area (TPSA) is 48.5 Å². The maximum atomic E-state index is 13.1. The Labute approximate surface area is 142 Å². The molecule has 1 fully saturated rings. The van der Waals surface area contributed by atoms with Crippen molar-refractivity contribution in [1.82, 2.24) is 24.3 Å². The number of halogens is 3. The van der Waals surface area contributed by atoms with Gasteiger partial charge in [0.15, 0.2) is 5.82 Å². The van der Waals surface area contributed by atoms with Gasteiger partial charge < -0.3 is 4.57 Å². The molecule has 0 radical (unpaired) electrons. The summed E-state index contributed by atoms with van der Waals surface area (Å²) in [6, 6.07) is 9.41. The van der Waals surface area contributed by atoms with Crippen LogP contribution in [0.3, 0.4) is 0 Å². The number of alkyl halides is 3. The lowest BCUT2D eigenvalue weighted by Gasteiger charge is -2.11. The average molecular weight is 347 g/mol. The van der Waals surface area contributed by atoms with E-state index in [2.05, 4.69) is 15.1 Å². The molecule has 1 saturated carbocycles. The highest BCUT2D eigenvalue weighted by Crippen LogP contribution is 2.35. The average Bonchev–Trinajstić information content (AvgIpc) is 3.33. The summed E-state index contributed by atoms with van der Waals surface area (Å²) >= 11 is 0. The molecular weight excluding hydrogens is 331 g/mol. The molecule has 2 heterocycles. The Hall–Kier alpha value is -2.64. The Balaban J connectivity index is 1.76. The number of aromatic nitrogens is 5. The van der Waals surface area contributed by atoms with E-state index < -0.39 is 12.0 Å². The maximum Gasteiger partial charge on any atom is 0.453 e. The van der Waals surface area contributed by atoms with Crippen LogP contribution in [0.15, 0.2) is 42.9 Å². The SMILES string of the molecule is FC(F)(F)c1nc(-c2cn(-c3ccccc3)cn2)n(C2CCCC2)n1. The lowest BCUT2D eigenvalue weighted by atomic mass is 10.2. The molecule has 130 valence electrons. The first-order valence-corrected chi connectivity index (χ1v) is 8.16. The fraction of sp³-hybridized carbons (Fsp3) is 0.353. The minimum atomic E-state index is -4.57. The van der Waals surface area contributed by atoms with Gasteiger partial charge in [-0.2, -0.15) is 13.2 Å². The van der Waals surface area contributed by atoms with Gasteiger partial charge in [-0.05, 0) is 25.0 Å². The summed E-state index contributed by atoms with van der Waals surface area (Å²) in [5, 5.41) is 3.75. The van der Waals surface area contributed by atoms with Crippen LogP contribution in [0.4, 0.5) is 13.2 Å². The molecule has 1 aliphatic rings. The Morgan fingerprint density at radius 1 is 1.04 bits per heavy atom. The minimum absolute atomic E-state index is 0.0551. The predicted molar refractivity (Wildman–Crippen MR) is 85.1 cm³/mol. The molecule has 25 heavy (non-hydrogen) atoms. The maximum absolute atomic E-state index is 13.1. The summed E-state index contributed by atoms with van der Waals surface area (Å²) in [7, 11) is 0. The lowest BCUT2D eigenvalue weighted by molar-refractivity contribution is -0.145. The monoisotopic (exact) mass is 347 g/mol. The fourth-order valence-corrected chi connectivity index (χ4v) is 3.20. The van der Waals surface area contributed by atoms with E-state index in [-0.39, 0.29) is 11.9 Å². The number of hydrogen-bond acceptors (Lipinski definition) is 3. The molecule has 0 saturated heterocycles. The first-order valence-electron chi connectivity index (χ1n) is 8.16. The van der Waals surface area contributed by atoms with E-state index in [0.29, 0.717) is 5.69 Å². The number of nitrogens with zero attached hydrogens (tertiary/aromatic N) is 5. The smallest absolute Gasteiger partial charge is 0.306 e. The third-order valence-corrected chi connectivity index (χ3v) is 4.42. The van der Waals surface area contributed by atoms with Gasteiger partial charge in [-0.1, -0.05) is 31.0 Å². The van der Waals surface area contributed by atoms with Crippen molar-refractivity contribution < 1.29 is 13.2 Å². The number of para-hydroxylation sites is 1. The van der Waals surface area contributed by atoms with Crippen molar-refractivity contribution in [1.29, 1.82) is 0 Å². The quantitative estimate of drug-likeness (QED) is 0.711. The Kier molecular flexibility index (Phi) is 3.82. The molecule has 0 unspecified atom stereocenters. The molecule has 8 heteroatoms. The summed E-state index contributed by atoms with van der Waals surface area (Å²) < 4.78 is 42.4. The van der Waals surface area contributed by atoms with E-state index in [0.717, 1.165) is 31.4 Å². The van der Waals surface area contributed by atoms with Crippen molar-refractivity contribution in [3.63, 3.8) is 0 Å². The van der Waals surface area contributed by atoms with E-state index in [1.165, 1.54) is 4.68 Å². The van der Waals surface area contributed by atoms with Crippen LogP contribution in [0.2, 0.25) is 0 Å². The highest BCUT2D eigenvalue weighted by atomic mass is 19.4. The van der Waals surface area contributed by atoms with Gasteiger partial charge in [0, 0.05) is 11.9 Å². The number of benzene rings is 1. The first kappa shape index (κ1) is 15.9. The summed E-state index contributed by atoms with van der Waals surface area (Å²) in [4.78, 5) is 8.02. The zero-order chi connectivity index (χ0) is 17.4.